The standard InChI is InChI=1S/C16H25N3O/c1-13(20)18-12-15-7-9-19(10-8-15)16-5-3-14(4-6-16)11-17-2/h3-6,15,17H,7-12H2,1-2H3,(H,18,20). The van der Waals surface area contributed by atoms with Crippen molar-refractivity contribution in [2.24, 2.45) is 5.92 Å². The molecule has 1 heterocycles. The van der Waals surface area contributed by atoms with E-state index in [1.807, 2.05) is 7.05 Å². The van der Waals surface area contributed by atoms with Crippen molar-refractivity contribution in [3.8, 4) is 0 Å². The van der Waals surface area contributed by atoms with Crippen LogP contribution in [0.1, 0.15) is 25.3 Å². The number of benzene rings is 1. The molecule has 0 aromatic heterocycles. The van der Waals surface area contributed by atoms with E-state index in [0.717, 1.165) is 39.0 Å². The van der Waals surface area contributed by atoms with E-state index in [1.54, 1.807) is 6.92 Å². The molecule has 4 nitrogen and oxygen atoms in total. The van der Waals surface area contributed by atoms with E-state index in [4.69, 9.17) is 0 Å². The second kappa shape index (κ2) is 7.29. The van der Waals surface area contributed by atoms with Gasteiger partial charge in [-0.2, -0.15) is 0 Å². The number of hydrogen-bond acceptors (Lipinski definition) is 3. The Morgan fingerprint density at radius 2 is 1.90 bits per heavy atom. The van der Waals surface area contributed by atoms with E-state index in [9.17, 15) is 4.79 Å². The van der Waals surface area contributed by atoms with Gasteiger partial charge in [0.05, 0.1) is 0 Å². The summed E-state index contributed by atoms with van der Waals surface area (Å²) in [6, 6.07) is 8.80. The zero-order valence-electron chi connectivity index (χ0n) is 12.5. The lowest BCUT2D eigenvalue weighted by atomic mass is 9.96. The van der Waals surface area contributed by atoms with Gasteiger partial charge in [0.1, 0.15) is 0 Å². The number of nitrogens with one attached hydrogen (secondary N) is 2. The highest BCUT2D eigenvalue weighted by atomic mass is 16.1. The van der Waals surface area contributed by atoms with Crippen molar-refractivity contribution in [1.29, 1.82) is 0 Å². The summed E-state index contributed by atoms with van der Waals surface area (Å²) in [5.41, 5.74) is 2.62. The maximum Gasteiger partial charge on any atom is 0.216 e. The van der Waals surface area contributed by atoms with Crippen LogP contribution in [0, 0.1) is 5.92 Å². The van der Waals surface area contributed by atoms with Gasteiger partial charge in [-0.25, -0.2) is 0 Å². The molecular weight excluding hydrogens is 250 g/mol. The van der Waals surface area contributed by atoms with Gasteiger partial charge < -0.3 is 15.5 Å². The van der Waals surface area contributed by atoms with E-state index in [-0.39, 0.29) is 5.91 Å². The molecule has 0 bridgehead atoms. The highest BCUT2D eigenvalue weighted by Crippen LogP contribution is 2.23. The summed E-state index contributed by atoms with van der Waals surface area (Å²) in [6.07, 6.45) is 2.30. The Morgan fingerprint density at radius 3 is 2.45 bits per heavy atom. The third-order valence-electron chi connectivity index (χ3n) is 3.94. The van der Waals surface area contributed by atoms with E-state index >= 15 is 0 Å². The second-order valence-corrected chi connectivity index (χ2v) is 5.56. The van der Waals surface area contributed by atoms with Crippen LogP contribution in [-0.2, 0) is 11.3 Å². The van der Waals surface area contributed by atoms with Gasteiger partial charge in [-0.3, -0.25) is 4.79 Å². The number of rotatable bonds is 5. The summed E-state index contributed by atoms with van der Waals surface area (Å²) >= 11 is 0. The largest absolute Gasteiger partial charge is 0.372 e. The molecule has 0 saturated carbocycles. The van der Waals surface area contributed by atoms with Crippen molar-refractivity contribution in [3.05, 3.63) is 29.8 Å². The molecule has 2 N–H and O–H groups in total. The van der Waals surface area contributed by atoms with Gasteiger partial charge in [0.15, 0.2) is 0 Å². The van der Waals surface area contributed by atoms with Gasteiger partial charge in [0, 0.05) is 38.8 Å². The van der Waals surface area contributed by atoms with Gasteiger partial charge in [-0.05, 0) is 43.5 Å². The third-order valence-corrected chi connectivity index (χ3v) is 3.94. The smallest absolute Gasteiger partial charge is 0.216 e. The summed E-state index contributed by atoms with van der Waals surface area (Å²) in [7, 11) is 1.97. The summed E-state index contributed by atoms with van der Waals surface area (Å²) in [4.78, 5) is 13.4. The molecule has 0 spiro atoms. The minimum absolute atomic E-state index is 0.0764. The van der Waals surface area contributed by atoms with Gasteiger partial charge >= 0.3 is 0 Å². The zero-order chi connectivity index (χ0) is 14.4. The zero-order valence-corrected chi connectivity index (χ0v) is 12.5. The van der Waals surface area contributed by atoms with Gasteiger partial charge in [0.25, 0.3) is 0 Å². The number of carbonyl (C=O) groups is 1. The highest BCUT2D eigenvalue weighted by Gasteiger charge is 2.19. The fourth-order valence-electron chi connectivity index (χ4n) is 2.71. The summed E-state index contributed by atoms with van der Waals surface area (Å²) in [5, 5.41) is 6.09. The number of nitrogens with zero attached hydrogens (tertiary/aromatic N) is 1. The van der Waals surface area contributed by atoms with Crippen LogP contribution in [0.15, 0.2) is 24.3 Å². The van der Waals surface area contributed by atoms with Crippen molar-refractivity contribution < 1.29 is 4.79 Å². The molecule has 0 unspecified atom stereocenters. The molecule has 1 fully saturated rings. The molecule has 20 heavy (non-hydrogen) atoms. The number of amides is 1. The van der Waals surface area contributed by atoms with E-state index in [0.29, 0.717) is 5.92 Å². The predicted octanol–water partition coefficient (Wildman–Crippen LogP) is 1.76. The first-order valence-electron chi connectivity index (χ1n) is 7.42. The Labute approximate surface area is 121 Å². The molecule has 2 rings (SSSR count). The molecule has 1 aliphatic heterocycles. The lowest BCUT2D eigenvalue weighted by Crippen LogP contribution is -2.38. The van der Waals surface area contributed by atoms with Crippen molar-refractivity contribution in [2.75, 3.05) is 31.6 Å². The molecular formula is C16H25N3O. The van der Waals surface area contributed by atoms with Crippen LogP contribution in [0.2, 0.25) is 0 Å². The fraction of sp³-hybridized carbons (Fsp3) is 0.562. The maximum atomic E-state index is 10.9. The summed E-state index contributed by atoms with van der Waals surface area (Å²) in [6.45, 7) is 5.48. The Balaban J connectivity index is 1.82. The highest BCUT2D eigenvalue weighted by molar-refractivity contribution is 5.72. The van der Waals surface area contributed by atoms with Crippen LogP contribution in [0.4, 0.5) is 5.69 Å². The predicted molar refractivity (Wildman–Crippen MR) is 82.8 cm³/mol. The van der Waals surface area contributed by atoms with Gasteiger partial charge in [-0.15, -0.1) is 0 Å². The van der Waals surface area contributed by atoms with E-state index in [2.05, 4.69) is 39.8 Å². The monoisotopic (exact) mass is 275 g/mol. The topological polar surface area (TPSA) is 44.4 Å². The van der Waals surface area contributed by atoms with Gasteiger partial charge in [0.2, 0.25) is 5.91 Å². The van der Waals surface area contributed by atoms with Crippen LogP contribution >= 0.6 is 0 Å². The van der Waals surface area contributed by atoms with E-state index < -0.39 is 0 Å². The maximum absolute atomic E-state index is 10.9. The molecule has 110 valence electrons. The second-order valence-electron chi connectivity index (χ2n) is 5.56. The average Bonchev–Trinajstić information content (AvgIpc) is 2.47. The van der Waals surface area contributed by atoms with Crippen LogP contribution < -0.4 is 15.5 Å². The van der Waals surface area contributed by atoms with Crippen LogP contribution in [0.3, 0.4) is 0 Å². The molecule has 4 heteroatoms. The molecule has 1 aliphatic rings. The first-order valence-corrected chi connectivity index (χ1v) is 7.42. The quantitative estimate of drug-likeness (QED) is 0.860. The molecule has 0 aliphatic carbocycles. The van der Waals surface area contributed by atoms with Crippen molar-refractivity contribution in [2.45, 2.75) is 26.3 Å². The normalized spacial score (nSPS) is 16.2. The number of hydrogen-bond donors (Lipinski definition) is 2. The van der Waals surface area contributed by atoms with Gasteiger partial charge in [-0.1, -0.05) is 12.1 Å². The van der Waals surface area contributed by atoms with Crippen LogP contribution in [0.25, 0.3) is 0 Å². The summed E-state index contributed by atoms with van der Waals surface area (Å²) < 4.78 is 0. The Hall–Kier alpha value is -1.55. The SMILES string of the molecule is CNCc1ccc(N2CCC(CNC(C)=O)CC2)cc1. The number of carbonyl (C=O) groups excluding carboxylic acids is 1. The van der Waals surface area contributed by atoms with Crippen molar-refractivity contribution >= 4 is 11.6 Å². The third kappa shape index (κ3) is 4.23. The average molecular weight is 275 g/mol. The lowest BCUT2D eigenvalue weighted by Gasteiger charge is -2.33. The molecule has 1 amide bonds. The van der Waals surface area contributed by atoms with Crippen LogP contribution in [-0.4, -0.2) is 32.6 Å². The molecule has 0 atom stereocenters. The lowest BCUT2D eigenvalue weighted by molar-refractivity contribution is -0.119. The summed E-state index contributed by atoms with van der Waals surface area (Å²) in [5.74, 6) is 0.700. The first kappa shape index (κ1) is 14.9. The molecule has 0 radical (unpaired) electrons. The number of piperidine rings is 1. The number of anilines is 1. The van der Waals surface area contributed by atoms with Crippen molar-refractivity contribution in [1.82, 2.24) is 10.6 Å². The Morgan fingerprint density at radius 1 is 1.25 bits per heavy atom. The fourth-order valence-corrected chi connectivity index (χ4v) is 2.71. The Kier molecular flexibility index (Phi) is 5.41. The van der Waals surface area contributed by atoms with E-state index in [1.165, 1.54) is 11.3 Å². The van der Waals surface area contributed by atoms with Crippen molar-refractivity contribution in [3.63, 3.8) is 0 Å². The van der Waals surface area contributed by atoms with Crippen LogP contribution in [0.5, 0.6) is 0 Å². The first-order chi connectivity index (χ1) is 9.69. The minimum Gasteiger partial charge on any atom is -0.372 e. The molecule has 1 aromatic rings. The Bertz CT molecular complexity index is 422. The molecule has 1 saturated heterocycles. The minimum atomic E-state index is 0.0764. The molecule has 1 aromatic carbocycles.